The third kappa shape index (κ3) is 1.64. The van der Waals surface area contributed by atoms with Gasteiger partial charge in [0, 0.05) is 0 Å². The first-order valence-electron chi connectivity index (χ1n) is 2.30. The molecular weight excluding hydrogens is 227 g/mol. The van der Waals surface area contributed by atoms with E-state index in [0.29, 0.717) is 0 Å². The molecule has 2 heteroatoms. The van der Waals surface area contributed by atoms with Gasteiger partial charge in [-0.25, -0.2) is 0 Å². The second-order valence-electron chi connectivity index (χ2n) is 1.42. The van der Waals surface area contributed by atoms with Crippen LogP contribution in [-0.2, 0) is 0 Å². The molecule has 1 aromatic rings. The van der Waals surface area contributed by atoms with Crippen molar-refractivity contribution < 1.29 is 0 Å². The standard InChI is InChI=1S/C6H5AsBr/c8-7-6-4-2-1-3-5-6/h1-5H/q+1. The van der Waals surface area contributed by atoms with Crippen LogP contribution in [0, 0.1) is 0 Å². The van der Waals surface area contributed by atoms with Gasteiger partial charge in [0.1, 0.15) is 0 Å². The number of rotatable bonds is 1. The molecule has 1 aromatic carbocycles. The second-order valence-corrected chi connectivity index (χ2v) is 4.70. The van der Waals surface area contributed by atoms with Crippen LogP contribution < -0.4 is 4.35 Å². The summed E-state index contributed by atoms with van der Waals surface area (Å²) in [6.45, 7) is 0. The summed E-state index contributed by atoms with van der Waals surface area (Å²) >= 11 is 3.70. The molecule has 0 nitrogen and oxygen atoms in total. The van der Waals surface area contributed by atoms with Crippen molar-refractivity contribution in [1.29, 1.82) is 0 Å². The average molecular weight is 232 g/mol. The summed E-state index contributed by atoms with van der Waals surface area (Å²) in [5.74, 6) is 0. The molecule has 40 valence electrons. The van der Waals surface area contributed by atoms with E-state index >= 15 is 0 Å². The van der Waals surface area contributed by atoms with Crippen molar-refractivity contribution >= 4 is 32.2 Å². The normalized spacial score (nSPS) is 10.6. The Balaban J connectivity index is 2.83. The maximum atomic E-state index is 3.45. The molecule has 0 spiro atoms. The van der Waals surface area contributed by atoms with Gasteiger partial charge < -0.3 is 0 Å². The van der Waals surface area contributed by atoms with Crippen LogP contribution in [0.15, 0.2) is 30.3 Å². The Bertz CT molecular complexity index is 150. The fourth-order valence-corrected chi connectivity index (χ4v) is 2.31. The van der Waals surface area contributed by atoms with Crippen molar-refractivity contribution in [3.05, 3.63) is 30.3 Å². The summed E-state index contributed by atoms with van der Waals surface area (Å²) in [6.07, 6.45) is 0. The summed E-state index contributed by atoms with van der Waals surface area (Å²) in [4.78, 5) is 0. The fraction of sp³-hybridized carbons (Fsp3) is 0. The molecule has 0 atom stereocenters. The van der Waals surface area contributed by atoms with Gasteiger partial charge in [0.2, 0.25) is 0 Å². The number of benzene rings is 1. The molecule has 0 aliphatic carbocycles. The predicted molar refractivity (Wildman–Crippen MR) is 40.8 cm³/mol. The third-order valence-corrected chi connectivity index (χ3v) is 4.02. The Morgan fingerprint density at radius 3 is 2.12 bits per heavy atom. The molecule has 1 rings (SSSR count). The number of halogens is 1. The van der Waals surface area contributed by atoms with Crippen LogP contribution in [0.2, 0.25) is 0 Å². The Hall–Kier alpha value is 0.258. The van der Waals surface area contributed by atoms with Crippen LogP contribution in [0.4, 0.5) is 0 Å². The van der Waals surface area contributed by atoms with Crippen LogP contribution in [0.25, 0.3) is 0 Å². The summed E-state index contributed by atoms with van der Waals surface area (Å²) in [6, 6.07) is 10.4. The molecule has 0 heterocycles. The van der Waals surface area contributed by atoms with Gasteiger partial charge in [-0.05, 0) is 0 Å². The molecule has 0 aliphatic heterocycles. The molecule has 0 amide bonds. The van der Waals surface area contributed by atoms with E-state index in [2.05, 4.69) is 38.2 Å². The average Bonchev–Trinajstić information content (AvgIpc) is 1.90. The van der Waals surface area contributed by atoms with Gasteiger partial charge in [-0.2, -0.15) is 0 Å². The van der Waals surface area contributed by atoms with E-state index in [1.54, 1.807) is 0 Å². The van der Waals surface area contributed by atoms with E-state index in [9.17, 15) is 0 Å². The molecule has 0 saturated carbocycles. The molecule has 0 N–H and O–H groups in total. The minimum absolute atomic E-state index is 0.245. The van der Waals surface area contributed by atoms with Crippen molar-refractivity contribution in [2.45, 2.75) is 0 Å². The zero-order valence-corrected chi connectivity index (χ0v) is 7.67. The Kier molecular flexibility index (Phi) is 2.64. The molecule has 2 radical (unpaired) electrons. The summed E-state index contributed by atoms with van der Waals surface area (Å²) in [5, 5.41) is 0. The molecule has 8 heavy (non-hydrogen) atoms. The third-order valence-electron chi connectivity index (χ3n) is 0.854. The van der Waals surface area contributed by atoms with Crippen molar-refractivity contribution in [2.75, 3.05) is 0 Å². The topological polar surface area (TPSA) is 0 Å². The van der Waals surface area contributed by atoms with E-state index in [-0.39, 0.29) is 13.9 Å². The van der Waals surface area contributed by atoms with Crippen molar-refractivity contribution in [3.63, 3.8) is 0 Å². The first kappa shape index (κ1) is 6.38. The number of hydrogen-bond donors (Lipinski definition) is 0. The molecule has 0 fully saturated rings. The van der Waals surface area contributed by atoms with Crippen molar-refractivity contribution in [1.82, 2.24) is 0 Å². The van der Waals surface area contributed by atoms with E-state index < -0.39 is 0 Å². The number of hydrogen-bond acceptors (Lipinski definition) is 0. The maximum absolute atomic E-state index is 3.45. The quantitative estimate of drug-likeness (QED) is 0.640. The van der Waals surface area contributed by atoms with Crippen LogP contribution >= 0.6 is 13.9 Å². The molecule has 0 aliphatic rings. The fourth-order valence-electron chi connectivity index (χ4n) is 0.484. The predicted octanol–water partition coefficient (Wildman–Crippen LogP) is 1.33. The van der Waals surface area contributed by atoms with Crippen LogP contribution in [-0.4, -0.2) is 13.9 Å². The Morgan fingerprint density at radius 2 is 1.75 bits per heavy atom. The summed E-state index contributed by atoms with van der Waals surface area (Å²) < 4.78 is 1.42. The summed E-state index contributed by atoms with van der Waals surface area (Å²) in [5.41, 5.74) is 0. The van der Waals surface area contributed by atoms with Gasteiger partial charge >= 0.3 is 62.5 Å². The first-order chi connectivity index (χ1) is 3.93. The SMILES string of the molecule is Br[As+]c1ccccc1. The van der Waals surface area contributed by atoms with E-state index in [1.165, 1.54) is 4.35 Å². The van der Waals surface area contributed by atoms with Crippen LogP contribution in [0.3, 0.4) is 0 Å². The van der Waals surface area contributed by atoms with Crippen molar-refractivity contribution in [3.8, 4) is 0 Å². The van der Waals surface area contributed by atoms with Crippen LogP contribution in [0.5, 0.6) is 0 Å². The van der Waals surface area contributed by atoms with Crippen molar-refractivity contribution in [2.24, 2.45) is 0 Å². The van der Waals surface area contributed by atoms with Gasteiger partial charge in [-0.1, -0.05) is 0 Å². The summed E-state index contributed by atoms with van der Waals surface area (Å²) in [7, 11) is 0. The van der Waals surface area contributed by atoms with E-state index in [1.807, 2.05) is 6.07 Å². The molecular formula is C6H5AsBr+. The molecule has 0 aromatic heterocycles. The molecule has 0 bridgehead atoms. The monoisotopic (exact) mass is 231 g/mol. The molecule has 0 unspecified atom stereocenters. The minimum atomic E-state index is 0.245. The Morgan fingerprint density at radius 1 is 1.12 bits per heavy atom. The zero-order chi connectivity index (χ0) is 5.82. The first-order valence-corrected chi connectivity index (χ1v) is 7.64. The van der Waals surface area contributed by atoms with Gasteiger partial charge in [0.15, 0.2) is 0 Å². The van der Waals surface area contributed by atoms with Gasteiger partial charge in [-0.3, -0.25) is 0 Å². The van der Waals surface area contributed by atoms with Gasteiger partial charge in [-0.15, -0.1) is 0 Å². The Labute approximate surface area is 62.6 Å². The van der Waals surface area contributed by atoms with Gasteiger partial charge in [0.25, 0.3) is 0 Å². The van der Waals surface area contributed by atoms with Gasteiger partial charge in [0.05, 0.1) is 0 Å². The van der Waals surface area contributed by atoms with E-state index in [0.717, 1.165) is 0 Å². The second kappa shape index (κ2) is 3.32. The molecule has 0 saturated heterocycles. The van der Waals surface area contributed by atoms with E-state index in [4.69, 9.17) is 0 Å². The van der Waals surface area contributed by atoms with Crippen LogP contribution in [0.1, 0.15) is 0 Å². The zero-order valence-electron chi connectivity index (χ0n) is 4.21.